The molecule has 138 valence electrons. The lowest BCUT2D eigenvalue weighted by molar-refractivity contribution is 0.0533. The zero-order valence-corrected chi connectivity index (χ0v) is 15.7. The standard InChI is InChI=1S/C21H32N2O2/c1-21(2)15-23(13-12-19(21)22)20(24)17-8-10-18(11-9-17)25-14-16-6-4-3-5-7-16/h8-11,16,19H,3-7,12-15,22H2,1-2H3. The summed E-state index contributed by atoms with van der Waals surface area (Å²) in [6, 6.07) is 7.79. The molecule has 25 heavy (non-hydrogen) atoms. The summed E-state index contributed by atoms with van der Waals surface area (Å²) >= 11 is 0. The fourth-order valence-electron chi connectivity index (χ4n) is 3.99. The first kappa shape index (κ1) is 18.2. The van der Waals surface area contributed by atoms with Gasteiger partial charge in [0.05, 0.1) is 6.61 Å². The monoisotopic (exact) mass is 344 g/mol. The van der Waals surface area contributed by atoms with Gasteiger partial charge in [0.1, 0.15) is 5.75 Å². The Hall–Kier alpha value is -1.55. The summed E-state index contributed by atoms with van der Waals surface area (Å²) in [4.78, 5) is 14.7. The number of hydrogen-bond donors (Lipinski definition) is 1. The Morgan fingerprint density at radius 3 is 2.48 bits per heavy atom. The van der Waals surface area contributed by atoms with Gasteiger partial charge in [0.25, 0.3) is 5.91 Å². The van der Waals surface area contributed by atoms with Crippen molar-refractivity contribution in [2.75, 3.05) is 19.7 Å². The zero-order chi connectivity index (χ0) is 17.9. The van der Waals surface area contributed by atoms with E-state index < -0.39 is 0 Å². The van der Waals surface area contributed by atoms with Crippen molar-refractivity contribution in [1.82, 2.24) is 4.90 Å². The highest BCUT2D eigenvalue weighted by molar-refractivity contribution is 5.94. The number of carbonyl (C=O) groups excluding carboxylic acids is 1. The summed E-state index contributed by atoms with van der Waals surface area (Å²) in [5.41, 5.74) is 6.88. The van der Waals surface area contributed by atoms with Gasteiger partial charge in [-0.2, -0.15) is 0 Å². The molecule has 0 spiro atoms. The molecule has 1 amide bonds. The number of carbonyl (C=O) groups is 1. The normalized spacial score (nSPS) is 24.1. The van der Waals surface area contributed by atoms with Crippen LogP contribution in [0.5, 0.6) is 5.75 Å². The smallest absolute Gasteiger partial charge is 0.253 e. The predicted octanol–water partition coefficient (Wildman–Crippen LogP) is 3.85. The van der Waals surface area contributed by atoms with Gasteiger partial charge in [-0.15, -0.1) is 0 Å². The SMILES string of the molecule is CC1(C)CN(C(=O)c2ccc(OCC3CCCCC3)cc2)CCC1N. The lowest BCUT2D eigenvalue weighted by Crippen LogP contribution is -2.53. The average Bonchev–Trinajstić information content (AvgIpc) is 2.63. The van der Waals surface area contributed by atoms with E-state index in [4.69, 9.17) is 10.5 Å². The first-order chi connectivity index (χ1) is 12.0. The Kier molecular flexibility index (Phi) is 5.67. The second-order valence-corrected chi connectivity index (χ2v) is 8.45. The number of hydrogen-bond acceptors (Lipinski definition) is 3. The highest BCUT2D eigenvalue weighted by Crippen LogP contribution is 2.29. The minimum absolute atomic E-state index is 0.0308. The first-order valence-corrected chi connectivity index (χ1v) is 9.73. The van der Waals surface area contributed by atoms with Crippen LogP contribution in [0.25, 0.3) is 0 Å². The number of nitrogens with two attached hydrogens (primary N) is 1. The van der Waals surface area contributed by atoms with Crippen LogP contribution < -0.4 is 10.5 Å². The van der Waals surface area contributed by atoms with Crippen molar-refractivity contribution in [1.29, 1.82) is 0 Å². The quantitative estimate of drug-likeness (QED) is 0.903. The third-order valence-electron chi connectivity index (χ3n) is 5.91. The van der Waals surface area contributed by atoms with E-state index >= 15 is 0 Å². The summed E-state index contributed by atoms with van der Waals surface area (Å²) in [7, 11) is 0. The molecular weight excluding hydrogens is 312 g/mol. The van der Waals surface area contributed by atoms with E-state index in [1.807, 2.05) is 29.2 Å². The maximum absolute atomic E-state index is 12.8. The maximum Gasteiger partial charge on any atom is 0.253 e. The summed E-state index contributed by atoms with van der Waals surface area (Å²) in [5, 5.41) is 0. The van der Waals surface area contributed by atoms with E-state index in [2.05, 4.69) is 13.8 Å². The summed E-state index contributed by atoms with van der Waals surface area (Å²) in [5.74, 6) is 1.65. The van der Waals surface area contributed by atoms with Gasteiger partial charge in [0.15, 0.2) is 0 Å². The van der Waals surface area contributed by atoms with Crippen LogP contribution in [0.4, 0.5) is 0 Å². The lowest BCUT2D eigenvalue weighted by atomic mass is 9.79. The van der Waals surface area contributed by atoms with Crippen LogP contribution in [-0.4, -0.2) is 36.5 Å². The number of amides is 1. The van der Waals surface area contributed by atoms with Crippen molar-refractivity contribution >= 4 is 5.91 Å². The van der Waals surface area contributed by atoms with E-state index in [0.717, 1.165) is 30.9 Å². The minimum Gasteiger partial charge on any atom is -0.493 e. The largest absolute Gasteiger partial charge is 0.493 e. The van der Waals surface area contributed by atoms with Gasteiger partial charge in [-0.3, -0.25) is 4.79 Å². The molecule has 0 radical (unpaired) electrons. The number of rotatable bonds is 4. The van der Waals surface area contributed by atoms with E-state index in [9.17, 15) is 4.79 Å². The Morgan fingerprint density at radius 2 is 1.84 bits per heavy atom. The fraction of sp³-hybridized carbons (Fsp3) is 0.667. The first-order valence-electron chi connectivity index (χ1n) is 9.73. The number of benzene rings is 1. The maximum atomic E-state index is 12.8. The molecule has 1 aliphatic carbocycles. The van der Waals surface area contributed by atoms with Crippen LogP contribution in [0.1, 0.15) is 62.7 Å². The topological polar surface area (TPSA) is 55.6 Å². The molecule has 2 fully saturated rings. The molecule has 1 atom stereocenters. The molecule has 1 heterocycles. The molecule has 4 nitrogen and oxygen atoms in total. The van der Waals surface area contributed by atoms with E-state index in [-0.39, 0.29) is 17.4 Å². The Balaban J connectivity index is 1.55. The second-order valence-electron chi connectivity index (χ2n) is 8.45. The molecule has 1 unspecified atom stereocenters. The highest BCUT2D eigenvalue weighted by atomic mass is 16.5. The second kappa shape index (κ2) is 7.77. The Labute approximate surface area is 151 Å². The summed E-state index contributed by atoms with van der Waals surface area (Å²) in [6.45, 7) is 6.53. The van der Waals surface area contributed by atoms with Crippen molar-refractivity contribution in [2.45, 2.75) is 58.4 Å². The third-order valence-corrected chi connectivity index (χ3v) is 5.91. The number of nitrogens with zero attached hydrogens (tertiary/aromatic N) is 1. The third kappa shape index (κ3) is 4.55. The number of likely N-dealkylation sites (tertiary alicyclic amines) is 1. The number of ether oxygens (including phenoxy) is 1. The zero-order valence-electron chi connectivity index (χ0n) is 15.7. The minimum atomic E-state index is -0.0308. The average molecular weight is 344 g/mol. The summed E-state index contributed by atoms with van der Waals surface area (Å²) in [6.07, 6.45) is 7.45. The molecule has 1 aromatic carbocycles. The predicted molar refractivity (Wildman–Crippen MR) is 101 cm³/mol. The van der Waals surface area contributed by atoms with E-state index in [1.165, 1.54) is 32.1 Å². The molecule has 1 saturated heterocycles. The van der Waals surface area contributed by atoms with Crippen LogP contribution in [0.3, 0.4) is 0 Å². The van der Waals surface area contributed by atoms with Gasteiger partial charge in [0, 0.05) is 24.7 Å². The molecule has 0 bridgehead atoms. The Bertz CT molecular complexity index is 576. The van der Waals surface area contributed by atoms with Gasteiger partial charge in [-0.05, 0) is 54.9 Å². The van der Waals surface area contributed by atoms with Gasteiger partial charge < -0.3 is 15.4 Å². The van der Waals surface area contributed by atoms with Crippen LogP contribution in [0.15, 0.2) is 24.3 Å². The molecule has 2 aliphatic rings. The van der Waals surface area contributed by atoms with Crippen LogP contribution in [0, 0.1) is 11.3 Å². The van der Waals surface area contributed by atoms with Crippen LogP contribution >= 0.6 is 0 Å². The van der Waals surface area contributed by atoms with Gasteiger partial charge in [0.2, 0.25) is 0 Å². The number of piperidine rings is 1. The van der Waals surface area contributed by atoms with Crippen molar-refractivity contribution in [3.63, 3.8) is 0 Å². The Morgan fingerprint density at radius 1 is 1.16 bits per heavy atom. The van der Waals surface area contributed by atoms with Crippen LogP contribution in [0.2, 0.25) is 0 Å². The van der Waals surface area contributed by atoms with Gasteiger partial charge in [-0.25, -0.2) is 0 Å². The lowest BCUT2D eigenvalue weighted by Gasteiger charge is -2.42. The molecule has 1 aromatic rings. The molecule has 4 heteroatoms. The van der Waals surface area contributed by atoms with Gasteiger partial charge in [-0.1, -0.05) is 33.1 Å². The summed E-state index contributed by atoms with van der Waals surface area (Å²) < 4.78 is 5.93. The fourth-order valence-corrected chi connectivity index (χ4v) is 3.99. The molecule has 2 N–H and O–H groups in total. The molecule has 1 saturated carbocycles. The van der Waals surface area contributed by atoms with Crippen LogP contribution in [-0.2, 0) is 0 Å². The van der Waals surface area contributed by atoms with E-state index in [0.29, 0.717) is 12.5 Å². The molecule has 3 rings (SSSR count). The van der Waals surface area contributed by atoms with Crippen molar-refractivity contribution in [3.05, 3.63) is 29.8 Å². The van der Waals surface area contributed by atoms with Crippen molar-refractivity contribution < 1.29 is 9.53 Å². The van der Waals surface area contributed by atoms with Gasteiger partial charge >= 0.3 is 0 Å². The molecule has 0 aromatic heterocycles. The van der Waals surface area contributed by atoms with E-state index in [1.54, 1.807) is 0 Å². The van der Waals surface area contributed by atoms with Crippen molar-refractivity contribution in [3.8, 4) is 5.75 Å². The van der Waals surface area contributed by atoms with Crippen molar-refractivity contribution in [2.24, 2.45) is 17.1 Å². The molecular formula is C21H32N2O2. The molecule has 1 aliphatic heterocycles. The highest BCUT2D eigenvalue weighted by Gasteiger charge is 2.35.